The summed E-state index contributed by atoms with van der Waals surface area (Å²) in [5.41, 5.74) is 5.89. The summed E-state index contributed by atoms with van der Waals surface area (Å²) < 4.78 is 4.99. The molecule has 0 spiro atoms. The molecule has 0 bridgehead atoms. The lowest BCUT2D eigenvalue weighted by atomic mass is 10.3. The van der Waals surface area contributed by atoms with Gasteiger partial charge < -0.3 is 15.8 Å². The van der Waals surface area contributed by atoms with E-state index in [1.807, 2.05) is 0 Å². The number of amides is 1. The van der Waals surface area contributed by atoms with E-state index in [-0.39, 0.29) is 18.3 Å². The second kappa shape index (κ2) is 7.33. The molecule has 1 amide bonds. The number of nitrogens with one attached hydrogen (secondary N) is 1. The summed E-state index contributed by atoms with van der Waals surface area (Å²) in [7, 11) is 1.54. The number of halogens is 2. The van der Waals surface area contributed by atoms with Crippen LogP contribution in [0.5, 0.6) is 5.75 Å². The summed E-state index contributed by atoms with van der Waals surface area (Å²) in [4.78, 5) is 11.2. The first-order valence-electron chi connectivity index (χ1n) is 4.51. The molecule has 0 saturated carbocycles. The van der Waals surface area contributed by atoms with E-state index in [0.29, 0.717) is 29.4 Å². The Hall–Kier alpha value is -0.970. The van der Waals surface area contributed by atoms with Crippen LogP contribution in [0.3, 0.4) is 0 Å². The van der Waals surface area contributed by atoms with Gasteiger partial charge in [0.05, 0.1) is 12.1 Å². The predicted octanol–water partition coefficient (Wildman–Crippen LogP) is 2.06. The highest BCUT2D eigenvalue weighted by Crippen LogP contribution is 2.27. The second-order valence-corrected chi connectivity index (χ2v) is 3.34. The average molecular weight is 265 g/mol. The number of nitrogens with two attached hydrogens (primary N) is 1. The van der Waals surface area contributed by atoms with Gasteiger partial charge in [0.25, 0.3) is 0 Å². The molecule has 0 saturated heterocycles. The maximum atomic E-state index is 11.2. The van der Waals surface area contributed by atoms with Crippen molar-refractivity contribution < 1.29 is 9.53 Å². The lowest BCUT2D eigenvalue weighted by molar-refractivity contribution is -0.116. The minimum atomic E-state index is -0.126. The number of carbonyl (C=O) groups excluding carboxylic acids is 1. The zero-order valence-electron chi connectivity index (χ0n) is 8.83. The standard InChI is InChI=1S/C10H13ClN2O2.ClH/c1-15-9-3-2-7(6-8(9)11)13-10(14)4-5-12;/h2-3,6H,4-5,12H2,1H3,(H,13,14);1H. The van der Waals surface area contributed by atoms with Crippen molar-refractivity contribution in [1.82, 2.24) is 0 Å². The minimum Gasteiger partial charge on any atom is -0.495 e. The normalized spacial score (nSPS) is 9.19. The van der Waals surface area contributed by atoms with Crippen LogP contribution < -0.4 is 15.8 Å². The van der Waals surface area contributed by atoms with E-state index in [9.17, 15) is 4.79 Å². The SMILES string of the molecule is COc1ccc(NC(=O)CCN)cc1Cl.Cl. The fourth-order valence-corrected chi connectivity index (χ4v) is 1.36. The Morgan fingerprint density at radius 1 is 1.56 bits per heavy atom. The fraction of sp³-hybridized carbons (Fsp3) is 0.300. The fourth-order valence-electron chi connectivity index (χ4n) is 1.10. The molecule has 0 aliphatic rings. The van der Waals surface area contributed by atoms with Gasteiger partial charge in [0, 0.05) is 18.7 Å². The molecule has 1 aromatic carbocycles. The van der Waals surface area contributed by atoms with Gasteiger partial charge >= 0.3 is 0 Å². The summed E-state index contributed by atoms with van der Waals surface area (Å²) in [6, 6.07) is 5.05. The Bertz CT molecular complexity index is 359. The van der Waals surface area contributed by atoms with Crippen LogP contribution in [0.25, 0.3) is 0 Å². The lowest BCUT2D eigenvalue weighted by Crippen LogP contribution is -2.16. The van der Waals surface area contributed by atoms with Crippen LogP contribution in [-0.2, 0) is 4.79 Å². The average Bonchev–Trinajstić information content (AvgIpc) is 2.18. The summed E-state index contributed by atoms with van der Waals surface area (Å²) in [6.45, 7) is 0.329. The molecule has 1 rings (SSSR count). The summed E-state index contributed by atoms with van der Waals surface area (Å²) in [6.07, 6.45) is 0.295. The molecule has 1 aromatic rings. The van der Waals surface area contributed by atoms with Crippen molar-refractivity contribution in [3.63, 3.8) is 0 Å². The largest absolute Gasteiger partial charge is 0.495 e. The van der Waals surface area contributed by atoms with Crippen molar-refractivity contribution in [1.29, 1.82) is 0 Å². The number of benzene rings is 1. The quantitative estimate of drug-likeness (QED) is 0.875. The third kappa shape index (κ3) is 4.26. The van der Waals surface area contributed by atoms with Gasteiger partial charge in [-0.25, -0.2) is 0 Å². The number of anilines is 1. The van der Waals surface area contributed by atoms with Crippen LogP contribution in [-0.4, -0.2) is 19.6 Å². The van der Waals surface area contributed by atoms with Gasteiger partial charge in [0.2, 0.25) is 5.91 Å². The van der Waals surface area contributed by atoms with E-state index in [1.54, 1.807) is 18.2 Å². The summed E-state index contributed by atoms with van der Waals surface area (Å²) >= 11 is 5.89. The van der Waals surface area contributed by atoms with Gasteiger partial charge in [-0.2, -0.15) is 0 Å². The van der Waals surface area contributed by atoms with Crippen molar-refractivity contribution >= 4 is 35.6 Å². The lowest BCUT2D eigenvalue weighted by Gasteiger charge is -2.07. The Balaban J connectivity index is 0.00000225. The number of hydrogen-bond acceptors (Lipinski definition) is 3. The number of methoxy groups -OCH3 is 1. The Morgan fingerprint density at radius 2 is 2.25 bits per heavy atom. The number of carbonyl (C=O) groups is 1. The Labute approximate surface area is 106 Å². The molecule has 0 aliphatic heterocycles. The maximum Gasteiger partial charge on any atom is 0.225 e. The number of hydrogen-bond donors (Lipinski definition) is 2. The topological polar surface area (TPSA) is 64.3 Å². The first-order chi connectivity index (χ1) is 7.17. The van der Waals surface area contributed by atoms with Gasteiger partial charge in [-0.15, -0.1) is 12.4 Å². The van der Waals surface area contributed by atoms with E-state index in [2.05, 4.69) is 5.32 Å². The molecule has 16 heavy (non-hydrogen) atoms. The van der Waals surface area contributed by atoms with E-state index < -0.39 is 0 Å². The van der Waals surface area contributed by atoms with Crippen molar-refractivity contribution in [2.45, 2.75) is 6.42 Å². The molecule has 90 valence electrons. The minimum absolute atomic E-state index is 0. The molecule has 0 radical (unpaired) electrons. The van der Waals surface area contributed by atoms with Crippen LogP contribution in [0.15, 0.2) is 18.2 Å². The van der Waals surface area contributed by atoms with Gasteiger partial charge in [0.15, 0.2) is 0 Å². The Kier molecular flexibility index (Phi) is 6.88. The molecular weight excluding hydrogens is 251 g/mol. The summed E-state index contributed by atoms with van der Waals surface area (Å²) in [5.74, 6) is 0.451. The van der Waals surface area contributed by atoms with E-state index in [4.69, 9.17) is 22.1 Å². The van der Waals surface area contributed by atoms with Crippen LogP contribution in [0.4, 0.5) is 5.69 Å². The smallest absolute Gasteiger partial charge is 0.225 e. The van der Waals surface area contributed by atoms with Gasteiger partial charge in [-0.05, 0) is 18.2 Å². The highest BCUT2D eigenvalue weighted by atomic mass is 35.5. The highest BCUT2D eigenvalue weighted by molar-refractivity contribution is 6.32. The predicted molar refractivity (Wildman–Crippen MR) is 67.6 cm³/mol. The maximum absolute atomic E-state index is 11.2. The highest BCUT2D eigenvalue weighted by Gasteiger charge is 2.04. The van der Waals surface area contributed by atoms with Crippen molar-refractivity contribution in [2.24, 2.45) is 5.73 Å². The third-order valence-corrected chi connectivity index (χ3v) is 2.10. The van der Waals surface area contributed by atoms with Gasteiger partial charge in [-0.1, -0.05) is 11.6 Å². The zero-order chi connectivity index (χ0) is 11.3. The molecule has 0 heterocycles. The van der Waals surface area contributed by atoms with Crippen LogP contribution >= 0.6 is 24.0 Å². The molecule has 4 nitrogen and oxygen atoms in total. The third-order valence-electron chi connectivity index (χ3n) is 1.81. The molecule has 3 N–H and O–H groups in total. The summed E-state index contributed by atoms with van der Waals surface area (Å²) in [5, 5.41) is 3.14. The van der Waals surface area contributed by atoms with Gasteiger partial charge in [-0.3, -0.25) is 4.79 Å². The molecule has 0 unspecified atom stereocenters. The molecule has 0 atom stereocenters. The zero-order valence-corrected chi connectivity index (χ0v) is 10.4. The first kappa shape index (κ1) is 15.0. The monoisotopic (exact) mass is 264 g/mol. The van der Waals surface area contributed by atoms with Crippen LogP contribution in [0.1, 0.15) is 6.42 Å². The van der Waals surface area contributed by atoms with Gasteiger partial charge in [0.1, 0.15) is 5.75 Å². The van der Waals surface area contributed by atoms with Crippen LogP contribution in [0, 0.1) is 0 Å². The van der Waals surface area contributed by atoms with Crippen molar-refractivity contribution in [3.05, 3.63) is 23.2 Å². The van der Waals surface area contributed by atoms with Crippen LogP contribution in [0.2, 0.25) is 5.02 Å². The van der Waals surface area contributed by atoms with Crippen molar-refractivity contribution in [3.8, 4) is 5.75 Å². The van der Waals surface area contributed by atoms with E-state index in [1.165, 1.54) is 7.11 Å². The first-order valence-corrected chi connectivity index (χ1v) is 4.88. The number of rotatable bonds is 4. The van der Waals surface area contributed by atoms with Crippen molar-refractivity contribution in [2.75, 3.05) is 19.0 Å². The molecule has 6 heteroatoms. The molecule has 0 fully saturated rings. The number of ether oxygens (including phenoxy) is 1. The molecule has 0 aliphatic carbocycles. The Morgan fingerprint density at radius 3 is 2.75 bits per heavy atom. The van der Waals surface area contributed by atoms with E-state index in [0.717, 1.165) is 0 Å². The molecule has 0 aromatic heterocycles. The molecular formula is C10H14Cl2N2O2. The van der Waals surface area contributed by atoms with E-state index >= 15 is 0 Å². The second-order valence-electron chi connectivity index (χ2n) is 2.94.